The molecular formula is C11H20N2O. The van der Waals surface area contributed by atoms with Gasteiger partial charge in [0.05, 0.1) is 0 Å². The van der Waals surface area contributed by atoms with Crippen LogP contribution in [0.1, 0.15) is 26.2 Å². The Hall–Kier alpha value is -0.830. The molecule has 0 aromatic carbocycles. The van der Waals surface area contributed by atoms with Crippen molar-refractivity contribution in [2.75, 3.05) is 13.1 Å². The maximum atomic E-state index is 11.6. The lowest BCUT2D eigenvalue weighted by Crippen LogP contribution is -2.32. The van der Waals surface area contributed by atoms with Gasteiger partial charge in [0.1, 0.15) is 0 Å². The van der Waals surface area contributed by atoms with Gasteiger partial charge in [-0.3, -0.25) is 4.79 Å². The zero-order valence-corrected chi connectivity index (χ0v) is 8.91. The van der Waals surface area contributed by atoms with Crippen LogP contribution in [0.15, 0.2) is 12.7 Å². The topological polar surface area (TPSA) is 46.3 Å². The largest absolute Gasteiger partial charge is 0.342 e. The molecule has 2 atom stereocenters. The number of hydrogen-bond donors (Lipinski definition) is 1. The summed E-state index contributed by atoms with van der Waals surface area (Å²) in [7, 11) is 0. The first-order valence-corrected chi connectivity index (χ1v) is 5.29. The van der Waals surface area contributed by atoms with Crippen LogP contribution < -0.4 is 5.73 Å². The van der Waals surface area contributed by atoms with Gasteiger partial charge in [-0.15, -0.1) is 6.58 Å². The lowest BCUT2D eigenvalue weighted by atomic mass is 10.0. The molecule has 0 spiro atoms. The van der Waals surface area contributed by atoms with E-state index in [0.717, 1.165) is 25.9 Å². The maximum Gasteiger partial charge on any atom is 0.222 e. The summed E-state index contributed by atoms with van der Waals surface area (Å²) in [5.41, 5.74) is 5.81. The molecular weight excluding hydrogens is 176 g/mol. The zero-order valence-electron chi connectivity index (χ0n) is 8.91. The molecule has 0 saturated carbocycles. The fraction of sp³-hybridized carbons (Fsp3) is 0.727. The highest BCUT2D eigenvalue weighted by molar-refractivity contribution is 5.76. The number of hydrogen-bond acceptors (Lipinski definition) is 2. The van der Waals surface area contributed by atoms with E-state index < -0.39 is 0 Å². The van der Waals surface area contributed by atoms with Crippen LogP contribution in [0.4, 0.5) is 0 Å². The summed E-state index contributed by atoms with van der Waals surface area (Å²) in [4.78, 5) is 13.5. The second-order valence-corrected chi connectivity index (χ2v) is 4.07. The summed E-state index contributed by atoms with van der Waals surface area (Å²) in [5, 5.41) is 0. The van der Waals surface area contributed by atoms with E-state index in [1.807, 2.05) is 11.8 Å². The molecule has 2 unspecified atom stereocenters. The van der Waals surface area contributed by atoms with Crippen LogP contribution >= 0.6 is 0 Å². The van der Waals surface area contributed by atoms with Gasteiger partial charge in [-0.2, -0.15) is 0 Å². The van der Waals surface area contributed by atoms with Crippen LogP contribution in [-0.4, -0.2) is 29.9 Å². The summed E-state index contributed by atoms with van der Waals surface area (Å²) >= 11 is 0. The first-order chi connectivity index (χ1) is 6.65. The van der Waals surface area contributed by atoms with E-state index in [2.05, 4.69) is 6.58 Å². The fourth-order valence-electron chi connectivity index (χ4n) is 1.83. The fourth-order valence-corrected chi connectivity index (χ4v) is 1.83. The van der Waals surface area contributed by atoms with Crippen molar-refractivity contribution in [3.8, 4) is 0 Å². The van der Waals surface area contributed by atoms with Crippen molar-refractivity contribution >= 4 is 5.91 Å². The average molecular weight is 196 g/mol. The van der Waals surface area contributed by atoms with E-state index in [0.29, 0.717) is 12.3 Å². The van der Waals surface area contributed by atoms with Crippen LogP contribution in [-0.2, 0) is 4.79 Å². The van der Waals surface area contributed by atoms with E-state index >= 15 is 0 Å². The number of carbonyl (C=O) groups excluding carboxylic acids is 1. The number of likely N-dealkylation sites (tertiary alicyclic amines) is 1. The summed E-state index contributed by atoms with van der Waals surface area (Å²) in [6.45, 7) is 7.35. The Balaban J connectivity index is 2.34. The SMILES string of the molecule is C=CCCC(=O)N1CCC(C(C)N)C1. The van der Waals surface area contributed by atoms with E-state index in [9.17, 15) is 4.79 Å². The van der Waals surface area contributed by atoms with E-state index in [1.54, 1.807) is 6.08 Å². The minimum absolute atomic E-state index is 0.201. The van der Waals surface area contributed by atoms with Crippen molar-refractivity contribution in [1.29, 1.82) is 0 Å². The molecule has 1 rings (SSSR count). The van der Waals surface area contributed by atoms with Crippen LogP contribution in [0.5, 0.6) is 0 Å². The number of carbonyl (C=O) groups is 1. The van der Waals surface area contributed by atoms with Crippen molar-refractivity contribution in [3.05, 3.63) is 12.7 Å². The van der Waals surface area contributed by atoms with Crippen LogP contribution in [0.25, 0.3) is 0 Å². The maximum absolute atomic E-state index is 11.6. The molecule has 3 nitrogen and oxygen atoms in total. The van der Waals surface area contributed by atoms with Gasteiger partial charge < -0.3 is 10.6 Å². The van der Waals surface area contributed by atoms with Gasteiger partial charge in [-0.05, 0) is 25.7 Å². The zero-order chi connectivity index (χ0) is 10.6. The van der Waals surface area contributed by atoms with Crippen molar-refractivity contribution in [3.63, 3.8) is 0 Å². The quantitative estimate of drug-likeness (QED) is 0.686. The first-order valence-electron chi connectivity index (χ1n) is 5.29. The highest BCUT2D eigenvalue weighted by atomic mass is 16.2. The third-order valence-corrected chi connectivity index (χ3v) is 2.88. The van der Waals surface area contributed by atoms with Crippen molar-refractivity contribution in [1.82, 2.24) is 4.90 Å². The lowest BCUT2D eigenvalue weighted by Gasteiger charge is -2.17. The number of rotatable bonds is 4. The van der Waals surface area contributed by atoms with Gasteiger partial charge in [0, 0.05) is 25.6 Å². The molecule has 0 aromatic heterocycles. The molecule has 0 bridgehead atoms. The normalized spacial score (nSPS) is 23.6. The molecule has 1 fully saturated rings. The molecule has 14 heavy (non-hydrogen) atoms. The summed E-state index contributed by atoms with van der Waals surface area (Å²) < 4.78 is 0. The molecule has 0 aromatic rings. The van der Waals surface area contributed by atoms with Crippen LogP contribution in [0.3, 0.4) is 0 Å². The van der Waals surface area contributed by atoms with Gasteiger partial charge in [0.25, 0.3) is 0 Å². The molecule has 3 heteroatoms. The van der Waals surface area contributed by atoms with Crippen molar-refractivity contribution in [2.45, 2.75) is 32.2 Å². The first kappa shape index (κ1) is 11.2. The Bertz CT molecular complexity index is 213. The van der Waals surface area contributed by atoms with Crippen molar-refractivity contribution < 1.29 is 4.79 Å². The van der Waals surface area contributed by atoms with E-state index in [-0.39, 0.29) is 11.9 Å². The number of nitrogens with zero attached hydrogens (tertiary/aromatic N) is 1. The molecule has 1 aliphatic heterocycles. The second-order valence-electron chi connectivity index (χ2n) is 4.07. The van der Waals surface area contributed by atoms with Gasteiger partial charge >= 0.3 is 0 Å². The Kier molecular flexibility index (Phi) is 4.14. The molecule has 1 saturated heterocycles. The van der Waals surface area contributed by atoms with Crippen molar-refractivity contribution in [2.24, 2.45) is 11.7 Å². The van der Waals surface area contributed by atoms with Gasteiger partial charge in [-0.1, -0.05) is 6.08 Å². The molecule has 1 heterocycles. The predicted molar refractivity (Wildman–Crippen MR) is 57.8 cm³/mol. The average Bonchev–Trinajstić information content (AvgIpc) is 2.62. The predicted octanol–water partition coefficient (Wildman–Crippen LogP) is 1.15. The van der Waals surface area contributed by atoms with E-state index in [1.165, 1.54) is 0 Å². The molecule has 1 amide bonds. The number of amides is 1. The molecule has 0 radical (unpaired) electrons. The monoisotopic (exact) mass is 196 g/mol. The minimum Gasteiger partial charge on any atom is -0.342 e. The molecule has 80 valence electrons. The van der Waals surface area contributed by atoms with E-state index in [4.69, 9.17) is 5.73 Å². The highest BCUT2D eigenvalue weighted by Crippen LogP contribution is 2.19. The lowest BCUT2D eigenvalue weighted by molar-refractivity contribution is -0.130. The Morgan fingerprint density at radius 1 is 1.79 bits per heavy atom. The van der Waals surface area contributed by atoms with Gasteiger partial charge in [0.15, 0.2) is 0 Å². The minimum atomic E-state index is 0.201. The van der Waals surface area contributed by atoms with Gasteiger partial charge in [-0.25, -0.2) is 0 Å². The molecule has 0 aliphatic carbocycles. The highest BCUT2D eigenvalue weighted by Gasteiger charge is 2.27. The molecule has 2 N–H and O–H groups in total. The summed E-state index contributed by atoms with van der Waals surface area (Å²) in [5.74, 6) is 0.732. The summed E-state index contributed by atoms with van der Waals surface area (Å²) in [6, 6.07) is 0.201. The van der Waals surface area contributed by atoms with Crippen LogP contribution in [0.2, 0.25) is 0 Å². The number of nitrogens with two attached hydrogens (primary N) is 1. The Morgan fingerprint density at radius 3 is 3.00 bits per heavy atom. The Labute approximate surface area is 86.0 Å². The Morgan fingerprint density at radius 2 is 2.50 bits per heavy atom. The third-order valence-electron chi connectivity index (χ3n) is 2.88. The smallest absolute Gasteiger partial charge is 0.222 e. The third kappa shape index (κ3) is 2.84. The van der Waals surface area contributed by atoms with Crippen LogP contribution in [0, 0.1) is 5.92 Å². The second kappa shape index (κ2) is 5.15. The summed E-state index contributed by atoms with van der Waals surface area (Å²) in [6.07, 6.45) is 4.21. The molecule has 1 aliphatic rings. The van der Waals surface area contributed by atoms with Gasteiger partial charge in [0.2, 0.25) is 5.91 Å². The standard InChI is InChI=1S/C11H20N2O/c1-3-4-5-11(14)13-7-6-10(8-13)9(2)12/h3,9-10H,1,4-8,12H2,2H3. The number of allylic oxidation sites excluding steroid dienone is 1.